The Labute approximate surface area is 184 Å². The number of aromatic nitrogens is 1. The van der Waals surface area contributed by atoms with Crippen LogP contribution in [0, 0.1) is 17.4 Å². The van der Waals surface area contributed by atoms with E-state index in [1.54, 1.807) is 0 Å². The molecule has 140 valence electrons. The Morgan fingerprint density at radius 2 is 1.86 bits per heavy atom. The van der Waals surface area contributed by atoms with Gasteiger partial charge in [-0.2, -0.15) is 0 Å². The minimum atomic E-state index is -0.160. The van der Waals surface area contributed by atoms with Crippen molar-refractivity contribution in [2.75, 3.05) is 5.32 Å². The molecule has 0 saturated carbocycles. The van der Waals surface area contributed by atoms with Crippen molar-refractivity contribution in [1.82, 2.24) is 4.98 Å². The number of hydrogen-bond acceptors (Lipinski definition) is 3. The molecule has 28 heavy (non-hydrogen) atoms. The highest BCUT2D eigenvalue weighted by Crippen LogP contribution is 2.28. The van der Waals surface area contributed by atoms with Gasteiger partial charge < -0.3 is 9.73 Å². The number of amides is 1. The summed E-state index contributed by atoms with van der Waals surface area (Å²) in [7, 11) is 0. The summed E-state index contributed by atoms with van der Waals surface area (Å²) in [6, 6.07) is 17.2. The summed E-state index contributed by atoms with van der Waals surface area (Å²) in [5.41, 5.74) is 6.05. The van der Waals surface area contributed by atoms with Gasteiger partial charge in [-0.1, -0.05) is 22.0 Å². The summed E-state index contributed by atoms with van der Waals surface area (Å²) < 4.78 is 7.69. The maximum atomic E-state index is 12.7. The van der Waals surface area contributed by atoms with E-state index < -0.39 is 0 Å². The number of carbonyl (C=O) groups excluding carboxylic acids is 1. The zero-order valence-electron chi connectivity index (χ0n) is 15.2. The van der Waals surface area contributed by atoms with Gasteiger partial charge in [0.05, 0.1) is 5.56 Å². The highest BCUT2D eigenvalue weighted by Gasteiger charge is 2.13. The number of nitrogens with one attached hydrogen (secondary N) is 1. The van der Waals surface area contributed by atoms with E-state index in [9.17, 15) is 4.79 Å². The molecule has 0 saturated heterocycles. The molecule has 1 amide bonds. The molecular formula is C22H16BrIN2O2. The molecule has 0 aliphatic rings. The SMILES string of the molecule is Cc1cc2nc(-c3cccc(NC(=O)c4cc(Br)ccc4I)c3)oc2cc1C. The Hall–Kier alpha value is -2.19. The first-order chi connectivity index (χ1) is 13.4. The van der Waals surface area contributed by atoms with E-state index in [0.29, 0.717) is 17.1 Å². The fourth-order valence-corrected chi connectivity index (χ4v) is 3.84. The van der Waals surface area contributed by atoms with Crippen LogP contribution in [0.3, 0.4) is 0 Å². The van der Waals surface area contributed by atoms with Crippen LogP contribution in [-0.2, 0) is 0 Å². The lowest BCUT2D eigenvalue weighted by atomic mass is 10.1. The number of nitrogens with zero attached hydrogens (tertiary/aromatic N) is 1. The second-order valence-corrected chi connectivity index (χ2v) is 8.66. The summed E-state index contributed by atoms with van der Waals surface area (Å²) in [5, 5.41) is 2.95. The van der Waals surface area contributed by atoms with Gasteiger partial charge in [0.25, 0.3) is 5.91 Å². The van der Waals surface area contributed by atoms with Crippen molar-refractivity contribution in [3.8, 4) is 11.5 Å². The smallest absolute Gasteiger partial charge is 0.256 e. The molecule has 1 N–H and O–H groups in total. The highest BCUT2D eigenvalue weighted by atomic mass is 127. The van der Waals surface area contributed by atoms with E-state index >= 15 is 0 Å². The van der Waals surface area contributed by atoms with Crippen molar-refractivity contribution in [2.45, 2.75) is 13.8 Å². The standard InChI is InChI=1S/C22H16BrIN2O2/c1-12-8-19-20(9-13(12)2)28-22(26-19)14-4-3-5-16(10-14)25-21(27)17-11-15(23)6-7-18(17)24/h3-11H,1-2H3,(H,25,27). The van der Waals surface area contributed by atoms with Crippen LogP contribution in [0.5, 0.6) is 0 Å². The lowest BCUT2D eigenvalue weighted by molar-refractivity contribution is 0.102. The van der Waals surface area contributed by atoms with Crippen molar-refractivity contribution < 1.29 is 9.21 Å². The van der Waals surface area contributed by atoms with Gasteiger partial charge in [0.1, 0.15) is 5.52 Å². The van der Waals surface area contributed by atoms with E-state index in [1.165, 1.54) is 11.1 Å². The molecule has 1 heterocycles. The number of hydrogen-bond donors (Lipinski definition) is 1. The van der Waals surface area contributed by atoms with Crippen molar-refractivity contribution in [1.29, 1.82) is 0 Å². The van der Waals surface area contributed by atoms with Gasteiger partial charge in [0.15, 0.2) is 5.58 Å². The number of benzene rings is 3. The van der Waals surface area contributed by atoms with E-state index in [4.69, 9.17) is 4.42 Å². The number of anilines is 1. The number of rotatable bonds is 3. The number of halogens is 2. The van der Waals surface area contributed by atoms with Gasteiger partial charge in [-0.25, -0.2) is 4.98 Å². The Kier molecular flexibility index (Phi) is 5.25. The summed E-state index contributed by atoms with van der Waals surface area (Å²) in [6.07, 6.45) is 0. The van der Waals surface area contributed by atoms with Crippen LogP contribution in [0.1, 0.15) is 21.5 Å². The average Bonchev–Trinajstić information content (AvgIpc) is 3.07. The molecule has 4 aromatic rings. The minimum absolute atomic E-state index is 0.160. The Bertz CT molecular complexity index is 1180. The third-order valence-electron chi connectivity index (χ3n) is 4.54. The fourth-order valence-electron chi connectivity index (χ4n) is 2.90. The number of oxazole rings is 1. The monoisotopic (exact) mass is 546 g/mol. The second kappa shape index (κ2) is 7.67. The van der Waals surface area contributed by atoms with Gasteiger partial charge in [0.2, 0.25) is 5.89 Å². The lowest BCUT2D eigenvalue weighted by Crippen LogP contribution is -2.13. The molecule has 0 unspecified atom stereocenters. The van der Waals surface area contributed by atoms with Crippen molar-refractivity contribution in [3.05, 3.63) is 79.3 Å². The van der Waals surface area contributed by atoms with Gasteiger partial charge in [-0.3, -0.25) is 4.79 Å². The van der Waals surface area contributed by atoms with E-state index in [2.05, 4.69) is 62.7 Å². The normalized spacial score (nSPS) is 11.0. The maximum absolute atomic E-state index is 12.7. The summed E-state index contributed by atoms with van der Waals surface area (Å²) >= 11 is 5.57. The largest absolute Gasteiger partial charge is 0.436 e. The Balaban J connectivity index is 1.64. The van der Waals surface area contributed by atoms with Crippen LogP contribution >= 0.6 is 38.5 Å². The van der Waals surface area contributed by atoms with Crippen LogP contribution in [0.2, 0.25) is 0 Å². The van der Waals surface area contributed by atoms with Crippen LogP contribution in [0.25, 0.3) is 22.6 Å². The molecule has 0 bridgehead atoms. The second-order valence-electron chi connectivity index (χ2n) is 6.58. The molecule has 0 spiro atoms. The minimum Gasteiger partial charge on any atom is -0.436 e. The van der Waals surface area contributed by atoms with Crippen molar-refractivity contribution in [3.63, 3.8) is 0 Å². The molecule has 4 nitrogen and oxygen atoms in total. The molecular weight excluding hydrogens is 531 g/mol. The van der Waals surface area contributed by atoms with E-state index in [-0.39, 0.29) is 5.91 Å². The Morgan fingerprint density at radius 3 is 2.68 bits per heavy atom. The average molecular weight is 547 g/mol. The molecule has 0 aliphatic heterocycles. The molecule has 0 atom stereocenters. The van der Waals surface area contributed by atoms with Gasteiger partial charge in [0, 0.05) is 19.3 Å². The van der Waals surface area contributed by atoms with Crippen LogP contribution < -0.4 is 5.32 Å². The third-order valence-corrected chi connectivity index (χ3v) is 5.98. The number of fused-ring (bicyclic) bond motifs is 1. The predicted molar refractivity (Wildman–Crippen MR) is 124 cm³/mol. The Morgan fingerprint density at radius 1 is 1.07 bits per heavy atom. The molecule has 4 rings (SSSR count). The molecule has 0 radical (unpaired) electrons. The quantitative estimate of drug-likeness (QED) is 0.290. The first kappa shape index (κ1) is 19.1. The summed E-state index contributed by atoms with van der Waals surface area (Å²) in [5.74, 6) is 0.375. The van der Waals surface area contributed by atoms with E-state index in [1.807, 2.05) is 54.6 Å². The topological polar surface area (TPSA) is 55.1 Å². The van der Waals surface area contributed by atoms with Crippen LogP contribution in [-0.4, -0.2) is 10.9 Å². The van der Waals surface area contributed by atoms with Crippen molar-refractivity contribution in [2.24, 2.45) is 0 Å². The fraction of sp³-hybridized carbons (Fsp3) is 0.0909. The number of aryl methyl sites for hydroxylation is 2. The lowest BCUT2D eigenvalue weighted by Gasteiger charge is -2.08. The van der Waals surface area contributed by atoms with Gasteiger partial charge >= 0.3 is 0 Å². The van der Waals surface area contributed by atoms with E-state index in [0.717, 1.165) is 24.7 Å². The first-order valence-corrected chi connectivity index (χ1v) is 10.5. The molecule has 0 aliphatic carbocycles. The zero-order chi connectivity index (χ0) is 19.8. The molecule has 6 heteroatoms. The third kappa shape index (κ3) is 3.84. The van der Waals surface area contributed by atoms with Gasteiger partial charge in [-0.15, -0.1) is 0 Å². The van der Waals surface area contributed by atoms with Crippen molar-refractivity contribution >= 4 is 61.2 Å². The molecule has 0 fully saturated rings. The predicted octanol–water partition coefficient (Wildman–Crippen LogP) is 6.73. The van der Waals surface area contributed by atoms with Crippen LogP contribution in [0.4, 0.5) is 5.69 Å². The van der Waals surface area contributed by atoms with Gasteiger partial charge in [-0.05, 0) is 96.1 Å². The zero-order valence-corrected chi connectivity index (χ0v) is 19.0. The highest BCUT2D eigenvalue weighted by molar-refractivity contribution is 14.1. The maximum Gasteiger partial charge on any atom is 0.256 e. The molecule has 1 aromatic heterocycles. The molecule has 3 aromatic carbocycles. The first-order valence-electron chi connectivity index (χ1n) is 8.65. The summed E-state index contributed by atoms with van der Waals surface area (Å²) in [4.78, 5) is 17.3. The van der Waals surface area contributed by atoms with Crippen LogP contribution in [0.15, 0.2) is 63.5 Å². The summed E-state index contributed by atoms with van der Waals surface area (Å²) in [6.45, 7) is 4.11. The number of carbonyl (C=O) groups is 1.